The summed E-state index contributed by atoms with van der Waals surface area (Å²) >= 11 is 0. The van der Waals surface area contributed by atoms with E-state index in [-0.39, 0.29) is 0 Å². The SMILES string of the molecule is CO[Si](O)(CCCCCCc1ccc(F)c(F)c1)OC. The molecule has 1 N–H and O–H groups in total. The molecular formula is C14H22F2O3Si. The summed E-state index contributed by atoms with van der Waals surface area (Å²) in [4.78, 5) is 9.84. The number of hydrogen-bond acceptors (Lipinski definition) is 3. The molecule has 0 amide bonds. The molecule has 1 aromatic rings. The Labute approximate surface area is 119 Å². The van der Waals surface area contributed by atoms with Crippen LogP contribution >= 0.6 is 0 Å². The van der Waals surface area contributed by atoms with Crippen LogP contribution in [0.25, 0.3) is 0 Å². The molecule has 114 valence electrons. The molecule has 1 rings (SSSR count). The standard InChI is InChI=1S/C14H22F2O3Si/c1-18-20(17,19-2)10-6-4-3-5-7-12-8-9-13(15)14(16)11-12/h8-9,11,17H,3-7,10H2,1-2H3. The van der Waals surface area contributed by atoms with E-state index in [1.807, 2.05) is 0 Å². The molecular weight excluding hydrogens is 282 g/mol. The fourth-order valence-corrected chi connectivity index (χ4v) is 3.29. The molecule has 0 aromatic heterocycles. The summed E-state index contributed by atoms with van der Waals surface area (Å²) in [5, 5.41) is 0. The van der Waals surface area contributed by atoms with Gasteiger partial charge in [-0.25, -0.2) is 8.78 Å². The molecule has 3 nitrogen and oxygen atoms in total. The van der Waals surface area contributed by atoms with Gasteiger partial charge in [-0.3, -0.25) is 0 Å². The van der Waals surface area contributed by atoms with Crippen LogP contribution in [0.15, 0.2) is 18.2 Å². The molecule has 0 spiro atoms. The van der Waals surface area contributed by atoms with Crippen LogP contribution in [0.1, 0.15) is 31.2 Å². The first-order chi connectivity index (χ1) is 9.50. The molecule has 0 fully saturated rings. The average molecular weight is 304 g/mol. The lowest BCUT2D eigenvalue weighted by molar-refractivity contribution is 0.150. The second-order valence-electron chi connectivity index (χ2n) is 4.78. The number of halogens is 2. The normalized spacial score (nSPS) is 11.8. The highest BCUT2D eigenvalue weighted by molar-refractivity contribution is 6.59. The van der Waals surface area contributed by atoms with Gasteiger partial charge < -0.3 is 13.6 Å². The highest BCUT2D eigenvalue weighted by atomic mass is 28.4. The van der Waals surface area contributed by atoms with E-state index in [2.05, 4.69) is 0 Å². The Hall–Kier alpha value is -0.823. The molecule has 0 unspecified atom stereocenters. The van der Waals surface area contributed by atoms with Crippen LogP contribution in [0.5, 0.6) is 0 Å². The van der Waals surface area contributed by atoms with E-state index in [1.54, 1.807) is 6.07 Å². The van der Waals surface area contributed by atoms with Crippen molar-refractivity contribution in [2.45, 2.75) is 38.1 Å². The fourth-order valence-electron chi connectivity index (χ4n) is 2.01. The Kier molecular flexibility index (Phi) is 7.29. The predicted molar refractivity (Wildman–Crippen MR) is 75.3 cm³/mol. The van der Waals surface area contributed by atoms with Crippen molar-refractivity contribution in [1.29, 1.82) is 0 Å². The molecule has 0 heterocycles. The van der Waals surface area contributed by atoms with E-state index >= 15 is 0 Å². The lowest BCUT2D eigenvalue weighted by Crippen LogP contribution is -2.39. The van der Waals surface area contributed by atoms with Gasteiger partial charge >= 0.3 is 8.80 Å². The Morgan fingerprint density at radius 2 is 1.65 bits per heavy atom. The third-order valence-corrected chi connectivity index (χ3v) is 5.59. The first kappa shape index (κ1) is 17.2. The number of unbranched alkanes of at least 4 members (excludes halogenated alkanes) is 3. The van der Waals surface area contributed by atoms with E-state index in [0.29, 0.717) is 6.04 Å². The monoisotopic (exact) mass is 304 g/mol. The van der Waals surface area contributed by atoms with Crippen LogP contribution in [0, 0.1) is 11.6 Å². The molecule has 0 bridgehead atoms. The molecule has 0 saturated carbocycles. The Morgan fingerprint density at radius 3 is 2.25 bits per heavy atom. The van der Waals surface area contributed by atoms with Crippen molar-refractivity contribution >= 4 is 8.80 Å². The van der Waals surface area contributed by atoms with Gasteiger partial charge in [-0.15, -0.1) is 0 Å². The number of rotatable bonds is 9. The predicted octanol–water partition coefficient (Wildman–Crippen LogP) is 3.29. The Balaban J connectivity index is 2.17. The van der Waals surface area contributed by atoms with Gasteiger partial charge in [-0.2, -0.15) is 0 Å². The van der Waals surface area contributed by atoms with Crippen molar-refractivity contribution in [3.63, 3.8) is 0 Å². The highest BCUT2D eigenvalue weighted by Gasteiger charge is 2.33. The maximum Gasteiger partial charge on any atom is 0.497 e. The van der Waals surface area contributed by atoms with Crippen molar-refractivity contribution in [1.82, 2.24) is 0 Å². The van der Waals surface area contributed by atoms with Gasteiger partial charge in [0.1, 0.15) is 0 Å². The van der Waals surface area contributed by atoms with Crippen molar-refractivity contribution in [3.8, 4) is 0 Å². The summed E-state index contributed by atoms with van der Waals surface area (Å²) in [6.45, 7) is 0. The third kappa shape index (κ3) is 5.66. The quantitative estimate of drug-likeness (QED) is 0.562. The summed E-state index contributed by atoms with van der Waals surface area (Å²) in [7, 11) is -0.0122. The van der Waals surface area contributed by atoms with Crippen LogP contribution in [-0.4, -0.2) is 27.8 Å². The van der Waals surface area contributed by atoms with Crippen molar-refractivity contribution in [2.75, 3.05) is 14.2 Å². The van der Waals surface area contributed by atoms with Crippen LogP contribution < -0.4 is 0 Å². The van der Waals surface area contributed by atoms with Crippen molar-refractivity contribution < 1.29 is 22.4 Å². The molecule has 0 aliphatic carbocycles. The van der Waals surface area contributed by atoms with Gasteiger partial charge in [0.25, 0.3) is 0 Å². The summed E-state index contributed by atoms with van der Waals surface area (Å²) < 4.78 is 35.7. The lowest BCUT2D eigenvalue weighted by Gasteiger charge is -2.19. The zero-order valence-electron chi connectivity index (χ0n) is 12.0. The number of hydrogen-bond donors (Lipinski definition) is 1. The smallest absolute Gasteiger partial charge is 0.390 e. The second kappa shape index (κ2) is 8.46. The Morgan fingerprint density at radius 1 is 1.00 bits per heavy atom. The summed E-state index contributed by atoms with van der Waals surface area (Å²) in [5.74, 6) is -1.60. The minimum atomic E-state index is -2.93. The van der Waals surface area contributed by atoms with Gasteiger partial charge in [0, 0.05) is 20.3 Å². The molecule has 0 atom stereocenters. The van der Waals surface area contributed by atoms with Crippen LogP contribution in [0.3, 0.4) is 0 Å². The van der Waals surface area contributed by atoms with Crippen LogP contribution in [-0.2, 0) is 15.3 Å². The van der Waals surface area contributed by atoms with Gasteiger partial charge in [0.15, 0.2) is 11.6 Å². The Bertz CT molecular complexity index is 411. The largest absolute Gasteiger partial charge is 0.497 e. The molecule has 20 heavy (non-hydrogen) atoms. The first-order valence-corrected chi connectivity index (χ1v) is 8.74. The third-order valence-electron chi connectivity index (χ3n) is 3.33. The zero-order valence-corrected chi connectivity index (χ0v) is 13.0. The minimum Gasteiger partial charge on any atom is -0.390 e. The summed E-state index contributed by atoms with van der Waals surface area (Å²) in [6, 6.07) is 4.56. The lowest BCUT2D eigenvalue weighted by atomic mass is 10.1. The number of benzene rings is 1. The van der Waals surface area contributed by atoms with Crippen LogP contribution in [0.2, 0.25) is 6.04 Å². The van der Waals surface area contributed by atoms with E-state index in [9.17, 15) is 13.6 Å². The zero-order chi connectivity index (χ0) is 15.0. The fraction of sp³-hybridized carbons (Fsp3) is 0.571. The molecule has 0 radical (unpaired) electrons. The summed E-state index contributed by atoms with van der Waals surface area (Å²) in [6.07, 6.45) is 4.39. The topological polar surface area (TPSA) is 38.7 Å². The van der Waals surface area contributed by atoms with Gasteiger partial charge in [-0.1, -0.05) is 18.9 Å². The molecule has 1 aromatic carbocycles. The molecule has 6 heteroatoms. The molecule has 0 aliphatic rings. The van der Waals surface area contributed by atoms with Crippen molar-refractivity contribution in [3.05, 3.63) is 35.4 Å². The van der Waals surface area contributed by atoms with Gasteiger partial charge in [0.2, 0.25) is 0 Å². The van der Waals surface area contributed by atoms with E-state index < -0.39 is 20.4 Å². The molecule has 0 saturated heterocycles. The highest BCUT2D eigenvalue weighted by Crippen LogP contribution is 2.16. The van der Waals surface area contributed by atoms with E-state index in [1.165, 1.54) is 20.3 Å². The van der Waals surface area contributed by atoms with Crippen LogP contribution in [0.4, 0.5) is 8.78 Å². The number of aryl methyl sites for hydroxylation is 1. The average Bonchev–Trinajstić information content (AvgIpc) is 2.46. The maximum atomic E-state index is 13.0. The minimum absolute atomic E-state index is 0.547. The van der Waals surface area contributed by atoms with E-state index in [4.69, 9.17) is 8.85 Å². The second-order valence-corrected chi connectivity index (χ2v) is 7.53. The first-order valence-electron chi connectivity index (χ1n) is 6.77. The van der Waals surface area contributed by atoms with Crippen molar-refractivity contribution in [2.24, 2.45) is 0 Å². The van der Waals surface area contributed by atoms with Gasteiger partial charge in [0.05, 0.1) is 0 Å². The maximum absolute atomic E-state index is 13.0. The summed E-state index contributed by atoms with van der Waals surface area (Å²) in [5.41, 5.74) is 0.809. The van der Waals surface area contributed by atoms with Gasteiger partial charge in [-0.05, 0) is 37.0 Å². The van der Waals surface area contributed by atoms with E-state index in [0.717, 1.165) is 43.7 Å². The molecule has 0 aliphatic heterocycles.